The first-order chi connectivity index (χ1) is 13.3. The Kier molecular flexibility index (Phi) is 4.97. The van der Waals surface area contributed by atoms with Crippen molar-refractivity contribution in [2.45, 2.75) is 36.6 Å². The molecular formula is C21H17BrCl2FNO2. The van der Waals surface area contributed by atoms with Gasteiger partial charge in [-0.3, -0.25) is 0 Å². The minimum atomic E-state index is -1.09. The predicted octanol–water partition coefficient (Wildman–Crippen LogP) is 6.63. The molecule has 0 saturated heterocycles. The number of fused-ring (bicyclic) bond motifs is 2. The molecule has 1 saturated carbocycles. The van der Waals surface area contributed by atoms with Crippen molar-refractivity contribution in [3.8, 4) is 0 Å². The average Bonchev–Trinajstić information content (AvgIpc) is 2.93. The van der Waals surface area contributed by atoms with Crippen molar-refractivity contribution in [1.82, 2.24) is 0 Å². The van der Waals surface area contributed by atoms with Gasteiger partial charge in [0.05, 0.1) is 5.02 Å². The summed E-state index contributed by atoms with van der Waals surface area (Å²) in [6.07, 6.45) is 3.87. The van der Waals surface area contributed by atoms with Crippen LogP contribution in [0.5, 0.6) is 0 Å². The predicted molar refractivity (Wildman–Crippen MR) is 114 cm³/mol. The molecular weight excluding hydrogens is 468 g/mol. The number of nitrogens with one attached hydrogen (secondary N) is 1. The van der Waals surface area contributed by atoms with Crippen LogP contribution in [0.15, 0.2) is 40.9 Å². The maximum atomic E-state index is 13.9. The Morgan fingerprint density at radius 1 is 1.14 bits per heavy atom. The second kappa shape index (κ2) is 7.05. The Hall–Kier alpha value is -1.56. The van der Waals surface area contributed by atoms with Crippen LogP contribution in [0.1, 0.15) is 36.8 Å². The fourth-order valence-electron chi connectivity index (χ4n) is 4.36. The van der Waals surface area contributed by atoms with Crippen molar-refractivity contribution in [1.29, 1.82) is 0 Å². The second-order valence-corrected chi connectivity index (χ2v) is 9.09. The highest BCUT2D eigenvalue weighted by Crippen LogP contribution is 2.56. The van der Waals surface area contributed by atoms with Gasteiger partial charge in [0, 0.05) is 26.2 Å². The van der Waals surface area contributed by atoms with Crippen LogP contribution in [-0.4, -0.2) is 16.6 Å². The van der Waals surface area contributed by atoms with Crippen molar-refractivity contribution in [3.05, 3.63) is 67.9 Å². The maximum absolute atomic E-state index is 13.9. The number of carbonyl (C=O) groups is 1. The summed E-state index contributed by atoms with van der Waals surface area (Å²) in [5.74, 6) is -1.34. The summed E-state index contributed by atoms with van der Waals surface area (Å²) in [5, 5.41) is 13.9. The highest BCUT2D eigenvalue weighted by molar-refractivity contribution is 9.11. The molecule has 1 fully saturated rings. The van der Waals surface area contributed by atoms with Gasteiger partial charge in [-0.2, -0.15) is 0 Å². The fraction of sp³-hybridized carbons (Fsp3) is 0.286. The summed E-state index contributed by atoms with van der Waals surface area (Å²) in [6.45, 7) is 0. The number of benzene rings is 2. The summed E-state index contributed by atoms with van der Waals surface area (Å²) in [6, 6.07) is 10.2. The van der Waals surface area contributed by atoms with Crippen LogP contribution in [0.3, 0.4) is 0 Å². The van der Waals surface area contributed by atoms with E-state index in [1.54, 1.807) is 24.3 Å². The molecule has 2 aliphatic carbocycles. The molecule has 7 heteroatoms. The zero-order valence-electron chi connectivity index (χ0n) is 14.7. The van der Waals surface area contributed by atoms with Crippen LogP contribution in [-0.2, 0) is 10.2 Å². The molecule has 4 rings (SSSR count). The summed E-state index contributed by atoms with van der Waals surface area (Å²) in [4.78, 5) is 12.2. The fourth-order valence-corrected chi connectivity index (χ4v) is 5.61. The van der Waals surface area contributed by atoms with Crippen molar-refractivity contribution in [3.63, 3.8) is 0 Å². The van der Waals surface area contributed by atoms with Crippen LogP contribution < -0.4 is 5.32 Å². The number of hydrogen-bond acceptors (Lipinski definition) is 2. The van der Waals surface area contributed by atoms with Gasteiger partial charge < -0.3 is 10.4 Å². The van der Waals surface area contributed by atoms with Crippen molar-refractivity contribution in [2.24, 2.45) is 0 Å². The monoisotopic (exact) mass is 483 g/mol. The number of aliphatic carboxylic acids is 1. The van der Waals surface area contributed by atoms with Crippen molar-refractivity contribution >= 4 is 56.9 Å². The lowest BCUT2D eigenvalue weighted by Gasteiger charge is -2.44. The van der Waals surface area contributed by atoms with Gasteiger partial charge in [-0.1, -0.05) is 51.3 Å². The second-order valence-electron chi connectivity index (χ2n) is 7.42. The molecule has 146 valence electrons. The third-order valence-corrected chi connectivity index (χ3v) is 7.56. The summed E-state index contributed by atoms with van der Waals surface area (Å²) >= 11 is 15.9. The molecule has 2 N–H and O–H groups in total. The number of hydrogen-bond donors (Lipinski definition) is 2. The Labute approximate surface area is 180 Å². The third-order valence-electron chi connectivity index (χ3n) is 5.95. The molecule has 2 aromatic rings. The smallest absolute Gasteiger partial charge is 0.329 e. The molecule has 1 spiro atoms. The standard InChI is InChI=1S/C21H17BrCl2FNO2/c22-17-11-14-15(4-5-16(25)18(14)24)20(17)6-8-21(9-7-20,19(27)28)26-13-3-1-2-12(23)10-13/h1-5,10-11,26H,6-9H2,(H,27,28). The van der Waals surface area contributed by atoms with Gasteiger partial charge in [0.25, 0.3) is 0 Å². The SMILES string of the molecule is O=C(O)C1(Nc2cccc(Cl)c2)CCC2(CC1)C(Br)=Cc1c2ccc(F)c1Cl. The molecule has 28 heavy (non-hydrogen) atoms. The lowest BCUT2D eigenvalue weighted by Crippen LogP contribution is -2.52. The van der Waals surface area contributed by atoms with Crippen molar-refractivity contribution < 1.29 is 14.3 Å². The van der Waals surface area contributed by atoms with E-state index >= 15 is 0 Å². The number of rotatable bonds is 3. The third kappa shape index (κ3) is 3.04. The molecule has 0 atom stereocenters. The summed E-state index contributed by atoms with van der Waals surface area (Å²) in [7, 11) is 0. The number of halogens is 4. The van der Waals surface area contributed by atoms with E-state index in [4.69, 9.17) is 23.2 Å². The Bertz CT molecular complexity index is 1000. The number of anilines is 1. The van der Waals surface area contributed by atoms with E-state index in [1.807, 2.05) is 12.1 Å². The van der Waals surface area contributed by atoms with Gasteiger partial charge >= 0.3 is 5.97 Å². The van der Waals surface area contributed by atoms with Gasteiger partial charge in [-0.05, 0) is 61.6 Å². The quantitative estimate of drug-likeness (QED) is 0.514. The van der Waals surface area contributed by atoms with Crippen molar-refractivity contribution in [2.75, 3.05) is 5.32 Å². The minimum Gasteiger partial charge on any atom is -0.480 e. The largest absolute Gasteiger partial charge is 0.480 e. The Morgan fingerprint density at radius 3 is 2.50 bits per heavy atom. The van der Waals surface area contributed by atoms with Gasteiger partial charge in [-0.15, -0.1) is 0 Å². The van der Waals surface area contributed by atoms with Crippen LogP contribution >= 0.6 is 39.1 Å². The van der Waals surface area contributed by atoms with Gasteiger partial charge in [0.1, 0.15) is 11.4 Å². The van der Waals surface area contributed by atoms with Gasteiger partial charge in [-0.25, -0.2) is 9.18 Å². The number of carboxylic acids is 1. The summed E-state index contributed by atoms with van der Waals surface area (Å²) in [5.41, 5.74) is 0.848. The first-order valence-electron chi connectivity index (χ1n) is 8.91. The molecule has 0 unspecified atom stereocenters. The van der Waals surface area contributed by atoms with E-state index in [2.05, 4.69) is 21.2 Å². The van der Waals surface area contributed by atoms with E-state index in [1.165, 1.54) is 6.07 Å². The zero-order chi connectivity index (χ0) is 20.1. The molecule has 3 nitrogen and oxygen atoms in total. The topological polar surface area (TPSA) is 49.3 Å². The first kappa shape index (κ1) is 19.7. The number of allylic oxidation sites excluding steroid dienone is 1. The first-order valence-corrected chi connectivity index (χ1v) is 10.5. The van der Waals surface area contributed by atoms with E-state index in [0.717, 1.165) is 10.0 Å². The molecule has 2 aromatic carbocycles. The van der Waals surface area contributed by atoms with Crippen LogP contribution in [0.25, 0.3) is 6.08 Å². The highest BCUT2D eigenvalue weighted by Gasteiger charge is 2.51. The molecule has 0 bridgehead atoms. The highest BCUT2D eigenvalue weighted by atomic mass is 79.9. The Morgan fingerprint density at radius 2 is 1.86 bits per heavy atom. The average molecular weight is 485 g/mol. The maximum Gasteiger partial charge on any atom is 0.329 e. The van der Waals surface area contributed by atoms with E-state index in [9.17, 15) is 14.3 Å². The van der Waals surface area contributed by atoms with E-state index in [0.29, 0.717) is 42.0 Å². The minimum absolute atomic E-state index is 0.110. The van der Waals surface area contributed by atoms with E-state index in [-0.39, 0.29) is 10.4 Å². The van der Waals surface area contributed by atoms with Crippen LogP contribution in [0.2, 0.25) is 10.0 Å². The molecule has 0 heterocycles. The van der Waals surface area contributed by atoms with Crippen LogP contribution in [0, 0.1) is 5.82 Å². The molecule has 0 aliphatic heterocycles. The van der Waals surface area contributed by atoms with E-state index < -0.39 is 17.3 Å². The van der Waals surface area contributed by atoms with Crippen LogP contribution in [0.4, 0.5) is 10.1 Å². The lowest BCUT2D eigenvalue weighted by molar-refractivity contribution is -0.143. The van der Waals surface area contributed by atoms with Gasteiger partial charge in [0.15, 0.2) is 0 Å². The molecule has 2 aliphatic rings. The summed E-state index contributed by atoms with van der Waals surface area (Å²) < 4.78 is 14.8. The lowest BCUT2D eigenvalue weighted by atomic mass is 9.65. The van der Waals surface area contributed by atoms with Gasteiger partial charge in [0.2, 0.25) is 0 Å². The normalized spacial score (nSPS) is 26.1. The molecule has 0 aromatic heterocycles. The zero-order valence-corrected chi connectivity index (χ0v) is 17.8. The number of carboxylic acid groups (broad SMARTS) is 1. The Balaban J connectivity index is 1.66. The molecule has 0 radical (unpaired) electrons. The molecule has 0 amide bonds.